The van der Waals surface area contributed by atoms with Crippen molar-refractivity contribution in [2.75, 3.05) is 31.1 Å². The first kappa shape index (κ1) is 27.5. The number of carbonyl (C=O) groups is 3. The van der Waals surface area contributed by atoms with Crippen molar-refractivity contribution in [2.45, 2.75) is 43.7 Å². The van der Waals surface area contributed by atoms with Crippen LogP contribution in [0, 0.1) is 11.8 Å². The molecule has 2 saturated heterocycles. The van der Waals surface area contributed by atoms with Crippen molar-refractivity contribution in [1.29, 1.82) is 0 Å². The molecule has 1 unspecified atom stereocenters. The minimum absolute atomic E-state index is 0.131. The number of ether oxygens (including phenoxy) is 1. The predicted molar refractivity (Wildman–Crippen MR) is 157 cm³/mol. The third kappa shape index (κ3) is 4.05. The van der Waals surface area contributed by atoms with Crippen molar-refractivity contribution in [2.24, 2.45) is 11.8 Å². The third-order valence-electron chi connectivity index (χ3n) is 9.37. The van der Waals surface area contributed by atoms with Gasteiger partial charge in [-0.2, -0.15) is 0 Å². The SMILES string of the molecule is CC[C@@]12C=CCN(c3ccccc3)C(=O)[C@@H]1[C@H]1C(=O)N(CCCO)C3C(=O)N(Cn4nnc5ccccc54)CC=C[C@@]31O2. The molecule has 0 aliphatic carbocycles. The number of amides is 3. The molecule has 2 fully saturated rings. The molecule has 0 bridgehead atoms. The van der Waals surface area contributed by atoms with E-state index >= 15 is 0 Å². The maximum Gasteiger partial charge on any atom is 0.250 e. The fourth-order valence-electron chi connectivity index (χ4n) is 7.44. The number of aliphatic hydroxyl groups excluding tert-OH is 1. The Bertz CT molecular complexity index is 1640. The van der Waals surface area contributed by atoms with Gasteiger partial charge in [0.15, 0.2) is 0 Å². The molecule has 4 aliphatic heterocycles. The van der Waals surface area contributed by atoms with Gasteiger partial charge >= 0.3 is 0 Å². The molecular formula is C32H34N6O5. The van der Waals surface area contributed by atoms with Crippen LogP contribution in [-0.2, 0) is 25.8 Å². The van der Waals surface area contributed by atoms with Crippen LogP contribution in [0.5, 0.6) is 0 Å². The number of para-hydroxylation sites is 2. The maximum atomic E-state index is 14.6. The summed E-state index contributed by atoms with van der Waals surface area (Å²) >= 11 is 0. The first-order chi connectivity index (χ1) is 20.9. The molecular weight excluding hydrogens is 548 g/mol. The molecule has 222 valence electrons. The largest absolute Gasteiger partial charge is 0.396 e. The Labute approximate surface area is 249 Å². The first-order valence-electron chi connectivity index (χ1n) is 14.8. The highest BCUT2D eigenvalue weighted by atomic mass is 16.5. The summed E-state index contributed by atoms with van der Waals surface area (Å²) in [7, 11) is 0. The number of fused-ring (bicyclic) bond motifs is 3. The average molecular weight is 583 g/mol. The number of hydrogen-bond acceptors (Lipinski definition) is 7. The smallest absolute Gasteiger partial charge is 0.250 e. The summed E-state index contributed by atoms with van der Waals surface area (Å²) in [5, 5.41) is 18.2. The Kier molecular flexibility index (Phi) is 6.66. The highest BCUT2D eigenvalue weighted by molar-refractivity contribution is 6.04. The Morgan fingerprint density at radius 1 is 0.930 bits per heavy atom. The van der Waals surface area contributed by atoms with Crippen LogP contribution in [0.1, 0.15) is 19.8 Å². The van der Waals surface area contributed by atoms with Crippen LogP contribution >= 0.6 is 0 Å². The van der Waals surface area contributed by atoms with Gasteiger partial charge in [0.1, 0.15) is 23.8 Å². The van der Waals surface area contributed by atoms with E-state index in [9.17, 15) is 19.5 Å². The molecule has 5 heterocycles. The molecule has 3 amide bonds. The normalized spacial score (nSPS) is 30.0. The van der Waals surface area contributed by atoms with E-state index in [-0.39, 0.29) is 44.1 Å². The zero-order valence-electron chi connectivity index (χ0n) is 24.0. The standard InChI is InChI=1S/C32H34N6O5/c1-2-31-15-8-18-36(22-11-4-3-5-12-22)28(40)25(31)26-29(41)37(19-10-20-39)27-30(42)35(17-9-16-32(26,27)43-31)21-38-24-14-7-6-13-23(24)33-34-38/h3-9,11-16,25-27,39H,2,10,17-21H2,1H3/t25-,26-,27?,31+,32-/m0/s1. The third-order valence-corrected chi connectivity index (χ3v) is 9.37. The summed E-state index contributed by atoms with van der Waals surface area (Å²) in [4.78, 5) is 48.4. The lowest BCUT2D eigenvalue weighted by Crippen LogP contribution is -2.56. The number of rotatable bonds is 7. The van der Waals surface area contributed by atoms with Gasteiger partial charge in [0.05, 0.1) is 23.0 Å². The van der Waals surface area contributed by atoms with Gasteiger partial charge in [-0.25, -0.2) is 4.68 Å². The van der Waals surface area contributed by atoms with Crippen molar-refractivity contribution in [3.05, 3.63) is 78.9 Å². The van der Waals surface area contributed by atoms with E-state index in [2.05, 4.69) is 10.3 Å². The summed E-state index contributed by atoms with van der Waals surface area (Å²) < 4.78 is 8.68. The molecule has 1 N–H and O–H groups in total. The second kappa shape index (κ2) is 10.4. The van der Waals surface area contributed by atoms with Gasteiger partial charge in [0.2, 0.25) is 11.8 Å². The summed E-state index contributed by atoms with van der Waals surface area (Å²) in [6, 6.07) is 15.9. The minimum atomic E-state index is -1.36. The molecule has 11 nitrogen and oxygen atoms in total. The number of benzene rings is 2. The Hall–Kier alpha value is -4.35. The van der Waals surface area contributed by atoms with Crippen molar-refractivity contribution < 1.29 is 24.2 Å². The van der Waals surface area contributed by atoms with E-state index in [4.69, 9.17) is 4.74 Å². The predicted octanol–water partition coefficient (Wildman–Crippen LogP) is 2.13. The number of anilines is 1. The second-order valence-electron chi connectivity index (χ2n) is 11.6. The highest BCUT2D eigenvalue weighted by Gasteiger charge is 2.75. The average Bonchev–Trinajstić information content (AvgIpc) is 3.57. The summed E-state index contributed by atoms with van der Waals surface area (Å²) in [6.45, 7) is 2.73. The van der Waals surface area contributed by atoms with Crippen molar-refractivity contribution in [1.82, 2.24) is 24.8 Å². The highest BCUT2D eigenvalue weighted by Crippen LogP contribution is 2.58. The van der Waals surface area contributed by atoms with Gasteiger partial charge < -0.3 is 24.5 Å². The van der Waals surface area contributed by atoms with Gasteiger partial charge in [-0.1, -0.05) is 66.8 Å². The van der Waals surface area contributed by atoms with Crippen molar-refractivity contribution in [3.63, 3.8) is 0 Å². The molecule has 5 atom stereocenters. The molecule has 7 rings (SSSR count). The van der Waals surface area contributed by atoms with E-state index in [1.54, 1.807) is 14.5 Å². The molecule has 0 saturated carbocycles. The van der Waals surface area contributed by atoms with E-state index in [0.717, 1.165) is 16.7 Å². The molecule has 2 aromatic carbocycles. The minimum Gasteiger partial charge on any atom is -0.396 e. The summed E-state index contributed by atoms with van der Waals surface area (Å²) in [6.07, 6.45) is 8.31. The van der Waals surface area contributed by atoms with Crippen LogP contribution in [0.3, 0.4) is 0 Å². The molecule has 1 spiro atoms. The Morgan fingerprint density at radius 2 is 1.70 bits per heavy atom. The Balaban J connectivity index is 1.31. The molecule has 11 heteroatoms. The lowest BCUT2D eigenvalue weighted by molar-refractivity contribution is -0.153. The summed E-state index contributed by atoms with van der Waals surface area (Å²) in [5.74, 6) is -2.55. The molecule has 43 heavy (non-hydrogen) atoms. The number of hydrogen-bond donors (Lipinski definition) is 1. The second-order valence-corrected chi connectivity index (χ2v) is 11.6. The quantitative estimate of drug-likeness (QED) is 0.424. The van der Waals surface area contributed by atoms with E-state index < -0.39 is 29.1 Å². The van der Waals surface area contributed by atoms with Crippen LogP contribution in [0.4, 0.5) is 5.69 Å². The zero-order chi connectivity index (χ0) is 29.8. The van der Waals surface area contributed by atoms with Gasteiger partial charge in [0, 0.05) is 31.9 Å². The monoisotopic (exact) mass is 582 g/mol. The van der Waals surface area contributed by atoms with Gasteiger partial charge in [-0.15, -0.1) is 5.10 Å². The van der Waals surface area contributed by atoms with Gasteiger partial charge in [-0.05, 0) is 37.1 Å². The number of aliphatic hydroxyl groups is 1. The van der Waals surface area contributed by atoms with Crippen LogP contribution in [-0.4, -0.2) is 91.1 Å². The molecule has 1 aromatic heterocycles. The number of carbonyl (C=O) groups excluding carboxylic acids is 3. The zero-order valence-corrected chi connectivity index (χ0v) is 24.0. The first-order valence-corrected chi connectivity index (χ1v) is 14.8. The van der Waals surface area contributed by atoms with Crippen molar-refractivity contribution >= 4 is 34.4 Å². The van der Waals surface area contributed by atoms with Crippen LogP contribution in [0.2, 0.25) is 0 Å². The van der Waals surface area contributed by atoms with E-state index in [0.29, 0.717) is 19.4 Å². The van der Waals surface area contributed by atoms with E-state index in [1.165, 1.54) is 4.90 Å². The summed E-state index contributed by atoms with van der Waals surface area (Å²) in [5.41, 5.74) is -0.178. The molecule has 0 radical (unpaired) electrons. The topological polar surface area (TPSA) is 121 Å². The van der Waals surface area contributed by atoms with Gasteiger partial charge in [-0.3, -0.25) is 14.4 Å². The van der Waals surface area contributed by atoms with Gasteiger partial charge in [0.25, 0.3) is 5.91 Å². The molecule has 4 aliphatic rings. The number of aromatic nitrogens is 3. The van der Waals surface area contributed by atoms with Crippen LogP contribution in [0.25, 0.3) is 11.0 Å². The fourth-order valence-corrected chi connectivity index (χ4v) is 7.44. The van der Waals surface area contributed by atoms with Crippen molar-refractivity contribution in [3.8, 4) is 0 Å². The van der Waals surface area contributed by atoms with Crippen LogP contribution in [0.15, 0.2) is 78.9 Å². The lowest BCUT2D eigenvalue weighted by Gasteiger charge is -2.38. The lowest BCUT2D eigenvalue weighted by atomic mass is 9.73. The van der Waals surface area contributed by atoms with Crippen LogP contribution < -0.4 is 4.90 Å². The Morgan fingerprint density at radius 3 is 2.49 bits per heavy atom. The number of nitrogens with zero attached hydrogens (tertiary/aromatic N) is 6. The van der Waals surface area contributed by atoms with E-state index in [1.807, 2.05) is 85.8 Å². The molecule has 3 aromatic rings. The fraction of sp³-hybridized carbons (Fsp3) is 0.406. The number of likely N-dealkylation sites (tertiary alicyclic amines) is 1. The maximum absolute atomic E-state index is 14.6.